The van der Waals surface area contributed by atoms with Crippen LogP contribution in [0.15, 0.2) is 0 Å². The molecular weight excluding hydrogens is 292 g/mol. The summed E-state index contributed by atoms with van der Waals surface area (Å²) >= 11 is 0. The Hall–Kier alpha value is -0.620. The van der Waals surface area contributed by atoms with Gasteiger partial charge in [0.2, 0.25) is 0 Å². The number of unbranched alkanes of at least 4 members (excludes halogenated alkanes) is 1. The summed E-state index contributed by atoms with van der Waals surface area (Å²) < 4.78 is 35.3. The normalized spacial score (nSPS) is 37.7. The summed E-state index contributed by atoms with van der Waals surface area (Å²) in [7, 11) is -3.90. The van der Waals surface area contributed by atoms with Crippen molar-refractivity contribution >= 4 is 16.1 Å². The van der Waals surface area contributed by atoms with Crippen LogP contribution in [0.2, 0.25) is 0 Å². The quantitative estimate of drug-likeness (QED) is 0.462. The summed E-state index contributed by atoms with van der Waals surface area (Å²) in [6.07, 6.45) is 7.65. The standard InChI is InChI=1S/C15H24O5S/c16-14(20-3-1-2-4-21(17,18)19)15-8-11-5-12(9-15)7-13(6-11)10-15/h11-13H,1-10H2,(H,17,18,19). The Morgan fingerprint density at radius 2 is 1.57 bits per heavy atom. The summed E-state index contributed by atoms with van der Waals surface area (Å²) in [6.45, 7) is 0.260. The van der Waals surface area contributed by atoms with Gasteiger partial charge in [-0.1, -0.05) is 0 Å². The molecule has 4 rings (SSSR count). The number of hydrogen-bond acceptors (Lipinski definition) is 4. The Morgan fingerprint density at radius 3 is 2.05 bits per heavy atom. The number of rotatable bonds is 6. The molecule has 4 saturated carbocycles. The van der Waals surface area contributed by atoms with E-state index < -0.39 is 10.1 Å². The molecule has 0 amide bonds. The van der Waals surface area contributed by atoms with Crippen molar-refractivity contribution < 1.29 is 22.5 Å². The molecule has 4 fully saturated rings. The van der Waals surface area contributed by atoms with Crippen molar-refractivity contribution in [3.63, 3.8) is 0 Å². The predicted molar refractivity (Wildman–Crippen MR) is 77.2 cm³/mol. The van der Waals surface area contributed by atoms with Crippen LogP contribution in [0.3, 0.4) is 0 Å². The molecule has 4 aliphatic rings. The number of hydrogen-bond donors (Lipinski definition) is 1. The second kappa shape index (κ2) is 5.54. The third-order valence-electron chi connectivity index (χ3n) is 5.50. The van der Waals surface area contributed by atoms with E-state index in [9.17, 15) is 13.2 Å². The lowest BCUT2D eigenvalue weighted by Crippen LogP contribution is -2.50. The van der Waals surface area contributed by atoms with Crippen molar-refractivity contribution in [2.45, 2.75) is 51.4 Å². The fourth-order valence-corrected chi connectivity index (χ4v) is 5.63. The molecule has 4 aliphatic carbocycles. The maximum Gasteiger partial charge on any atom is 0.312 e. The molecule has 21 heavy (non-hydrogen) atoms. The molecule has 0 aliphatic heterocycles. The maximum atomic E-state index is 12.5. The van der Waals surface area contributed by atoms with Gasteiger partial charge in [0.25, 0.3) is 10.1 Å². The second-order valence-corrected chi connectivity index (χ2v) is 8.90. The molecule has 0 aromatic rings. The van der Waals surface area contributed by atoms with E-state index in [-0.39, 0.29) is 23.7 Å². The molecule has 0 aromatic carbocycles. The molecule has 0 aromatic heterocycles. The Morgan fingerprint density at radius 1 is 1.05 bits per heavy atom. The van der Waals surface area contributed by atoms with Gasteiger partial charge in [-0.25, -0.2) is 0 Å². The molecule has 6 heteroatoms. The monoisotopic (exact) mass is 316 g/mol. The number of ether oxygens (including phenoxy) is 1. The van der Waals surface area contributed by atoms with E-state index in [0.717, 1.165) is 19.3 Å². The summed E-state index contributed by atoms with van der Waals surface area (Å²) in [4.78, 5) is 12.5. The highest BCUT2D eigenvalue weighted by Gasteiger charge is 2.55. The highest BCUT2D eigenvalue weighted by Crippen LogP contribution is 2.60. The zero-order chi connectivity index (χ0) is 15.1. The van der Waals surface area contributed by atoms with Crippen molar-refractivity contribution in [3.8, 4) is 0 Å². The Kier molecular flexibility index (Phi) is 4.03. The molecule has 0 radical (unpaired) electrons. The topological polar surface area (TPSA) is 80.7 Å². The van der Waals surface area contributed by atoms with Gasteiger partial charge in [-0.3, -0.25) is 9.35 Å². The largest absolute Gasteiger partial charge is 0.465 e. The van der Waals surface area contributed by atoms with Crippen LogP contribution in [0.25, 0.3) is 0 Å². The van der Waals surface area contributed by atoms with E-state index in [4.69, 9.17) is 9.29 Å². The smallest absolute Gasteiger partial charge is 0.312 e. The average molecular weight is 316 g/mol. The third kappa shape index (κ3) is 3.42. The first-order chi connectivity index (χ1) is 9.86. The second-order valence-electron chi connectivity index (χ2n) is 7.33. The Labute approximate surface area is 126 Å². The lowest BCUT2D eigenvalue weighted by molar-refractivity contribution is -0.171. The van der Waals surface area contributed by atoms with Crippen LogP contribution >= 0.6 is 0 Å². The van der Waals surface area contributed by atoms with Gasteiger partial charge in [0.1, 0.15) is 0 Å². The van der Waals surface area contributed by atoms with Crippen LogP contribution < -0.4 is 0 Å². The molecule has 4 bridgehead atoms. The number of carbonyl (C=O) groups is 1. The van der Waals surface area contributed by atoms with Gasteiger partial charge >= 0.3 is 5.97 Å². The van der Waals surface area contributed by atoms with Gasteiger partial charge < -0.3 is 4.74 Å². The van der Waals surface area contributed by atoms with Gasteiger partial charge in [-0.2, -0.15) is 8.42 Å². The van der Waals surface area contributed by atoms with Gasteiger partial charge in [-0.05, 0) is 69.1 Å². The van der Waals surface area contributed by atoms with E-state index in [1.54, 1.807) is 0 Å². The van der Waals surface area contributed by atoms with Crippen LogP contribution in [0.1, 0.15) is 51.4 Å². The average Bonchev–Trinajstić information content (AvgIpc) is 2.35. The maximum absolute atomic E-state index is 12.5. The summed E-state index contributed by atoms with van der Waals surface area (Å²) in [5.41, 5.74) is -0.238. The summed E-state index contributed by atoms with van der Waals surface area (Å²) in [5.74, 6) is 1.81. The molecule has 0 unspecified atom stereocenters. The molecule has 120 valence electrons. The van der Waals surface area contributed by atoms with E-state index in [1.807, 2.05) is 0 Å². The van der Waals surface area contributed by atoms with Crippen LogP contribution in [0, 0.1) is 23.2 Å². The van der Waals surface area contributed by atoms with Gasteiger partial charge in [0.05, 0.1) is 17.8 Å². The minimum absolute atomic E-state index is 0.0616. The van der Waals surface area contributed by atoms with Gasteiger partial charge in [0, 0.05) is 0 Å². The van der Waals surface area contributed by atoms with Gasteiger partial charge in [0.15, 0.2) is 0 Å². The van der Waals surface area contributed by atoms with Crippen molar-refractivity contribution in [2.75, 3.05) is 12.4 Å². The van der Waals surface area contributed by atoms with E-state index in [1.165, 1.54) is 19.3 Å². The van der Waals surface area contributed by atoms with Crippen LogP contribution in [-0.2, 0) is 19.6 Å². The molecule has 5 nitrogen and oxygen atoms in total. The SMILES string of the molecule is O=C(OCCCCS(=O)(=O)O)C12CC3CC(CC(C3)C1)C2. The zero-order valence-electron chi connectivity index (χ0n) is 12.3. The van der Waals surface area contributed by atoms with Crippen molar-refractivity contribution in [1.82, 2.24) is 0 Å². The lowest BCUT2D eigenvalue weighted by atomic mass is 9.49. The van der Waals surface area contributed by atoms with E-state index >= 15 is 0 Å². The highest BCUT2D eigenvalue weighted by molar-refractivity contribution is 7.85. The zero-order valence-corrected chi connectivity index (χ0v) is 13.1. The summed E-state index contributed by atoms with van der Waals surface area (Å²) in [6, 6.07) is 0. The lowest BCUT2D eigenvalue weighted by Gasteiger charge is -2.55. The minimum Gasteiger partial charge on any atom is -0.465 e. The molecule has 0 atom stereocenters. The van der Waals surface area contributed by atoms with Crippen molar-refractivity contribution in [1.29, 1.82) is 0 Å². The van der Waals surface area contributed by atoms with Crippen LogP contribution in [-0.4, -0.2) is 31.3 Å². The van der Waals surface area contributed by atoms with Crippen LogP contribution in [0.4, 0.5) is 0 Å². The van der Waals surface area contributed by atoms with Gasteiger partial charge in [-0.15, -0.1) is 0 Å². The highest BCUT2D eigenvalue weighted by atomic mass is 32.2. The van der Waals surface area contributed by atoms with E-state index in [2.05, 4.69) is 0 Å². The Balaban J connectivity index is 1.47. The molecule has 0 spiro atoms. The molecule has 0 saturated heterocycles. The summed E-state index contributed by atoms with van der Waals surface area (Å²) in [5, 5.41) is 0. The van der Waals surface area contributed by atoms with Crippen molar-refractivity contribution in [2.24, 2.45) is 23.2 Å². The fourth-order valence-electron chi connectivity index (χ4n) is 5.07. The molecular formula is C15H24O5S. The minimum atomic E-state index is -3.90. The predicted octanol–water partition coefficient (Wildman–Crippen LogP) is 2.41. The molecule has 1 N–H and O–H groups in total. The molecule has 0 heterocycles. The Bertz CT molecular complexity index is 475. The van der Waals surface area contributed by atoms with Crippen LogP contribution in [0.5, 0.6) is 0 Å². The first-order valence-corrected chi connectivity index (χ1v) is 9.60. The fraction of sp³-hybridized carbons (Fsp3) is 0.933. The first kappa shape index (κ1) is 15.3. The van der Waals surface area contributed by atoms with E-state index in [0.29, 0.717) is 30.6 Å². The number of carbonyl (C=O) groups excluding carboxylic acids is 1. The van der Waals surface area contributed by atoms with Crippen molar-refractivity contribution in [3.05, 3.63) is 0 Å². The third-order valence-corrected chi connectivity index (χ3v) is 6.31. The first-order valence-electron chi connectivity index (χ1n) is 7.99. The number of esters is 1.